The van der Waals surface area contributed by atoms with Gasteiger partial charge in [0.25, 0.3) is 10.0 Å². The highest BCUT2D eigenvalue weighted by molar-refractivity contribution is 7.92. The van der Waals surface area contributed by atoms with E-state index in [0.29, 0.717) is 0 Å². The molecule has 8 nitrogen and oxygen atoms in total. The molecule has 1 atom stereocenters. The van der Waals surface area contributed by atoms with Crippen molar-refractivity contribution in [3.05, 3.63) is 24.3 Å². The third-order valence-corrected chi connectivity index (χ3v) is 4.18. The van der Waals surface area contributed by atoms with Crippen LogP contribution in [0, 0.1) is 11.3 Å². The number of H-pyrrole nitrogens is 1. The number of imidazole rings is 1. The Balaban J connectivity index is 2.27. The molecule has 0 aromatic carbocycles. The van der Waals surface area contributed by atoms with Gasteiger partial charge >= 0.3 is 0 Å². The molecule has 0 spiro atoms. The number of nitrogens with one attached hydrogen (secondary N) is 2. The number of anilines is 1. The predicted molar refractivity (Wildman–Crippen MR) is 71.3 cm³/mol. The van der Waals surface area contributed by atoms with Crippen LogP contribution in [0.3, 0.4) is 0 Å². The molecule has 2 heterocycles. The summed E-state index contributed by atoms with van der Waals surface area (Å²) in [5.41, 5.74) is 0.120. The van der Waals surface area contributed by atoms with Crippen LogP contribution in [0.2, 0.25) is 0 Å². The Labute approximate surface area is 116 Å². The van der Waals surface area contributed by atoms with E-state index in [-0.39, 0.29) is 22.4 Å². The third kappa shape index (κ3) is 2.65. The van der Waals surface area contributed by atoms with Gasteiger partial charge in [-0.3, -0.25) is 9.82 Å². The summed E-state index contributed by atoms with van der Waals surface area (Å²) in [6.45, 7) is 3.97. The number of nitriles is 1. The highest BCUT2D eigenvalue weighted by atomic mass is 32.2. The standard InChI is InChI=1S/C11H14N6O2S/c1-3-8(2)17-6-10(13-7-17)20(18,19)16-11-9(4-12)5-14-15-11/h5-8H,3H2,1-2H3,(H2,14,15,16). The highest BCUT2D eigenvalue weighted by Gasteiger charge is 2.20. The highest BCUT2D eigenvalue weighted by Crippen LogP contribution is 2.17. The number of aromatic amines is 1. The van der Waals surface area contributed by atoms with Gasteiger partial charge in [0, 0.05) is 12.2 Å². The van der Waals surface area contributed by atoms with Gasteiger partial charge in [0.15, 0.2) is 10.8 Å². The van der Waals surface area contributed by atoms with Gasteiger partial charge in [-0.1, -0.05) is 6.92 Å². The second-order valence-corrected chi connectivity index (χ2v) is 5.92. The average molecular weight is 294 g/mol. The largest absolute Gasteiger partial charge is 0.333 e. The van der Waals surface area contributed by atoms with Crippen molar-refractivity contribution in [3.8, 4) is 6.07 Å². The first-order valence-electron chi connectivity index (χ1n) is 5.97. The zero-order valence-corrected chi connectivity index (χ0v) is 11.8. The summed E-state index contributed by atoms with van der Waals surface area (Å²) < 4.78 is 28.3. The van der Waals surface area contributed by atoms with Gasteiger partial charge in [0.1, 0.15) is 11.6 Å². The van der Waals surface area contributed by atoms with Gasteiger partial charge in [-0.2, -0.15) is 18.8 Å². The summed E-state index contributed by atoms with van der Waals surface area (Å²) in [6, 6.07) is 2.00. The molecule has 0 amide bonds. The Morgan fingerprint density at radius 2 is 2.35 bits per heavy atom. The fourth-order valence-corrected chi connectivity index (χ4v) is 2.52. The zero-order valence-electron chi connectivity index (χ0n) is 11.0. The van der Waals surface area contributed by atoms with Gasteiger partial charge in [0.05, 0.1) is 12.5 Å². The minimum atomic E-state index is -3.84. The summed E-state index contributed by atoms with van der Waals surface area (Å²) in [5.74, 6) is 0.0330. The smallest absolute Gasteiger partial charge is 0.282 e. The molecular weight excluding hydrogens is 280 g/mol. The number of aromatic nitrogens is 4. The molecule has 2 aromatic rings. The fourth-order valence-electron chi connectivity index (χ4n) is 1.54. The lowest BCUT2D eigenvalue weighted by Gasteiger charge is -2.08. The van der Waals surface area contributed by atoms with Crippen molar-refractivity contribution in [2.24, 2.45) is 0 Å². The Bertz CT molecular complexity index is 739. The number of hydrogen-bond donors (Lipinski definition) is 2. The minimum absolute atomic E-state index is 0.0330. The van der Waals surface area contributed by atoms with Crippen LogP contribution in [0.25, 0.3) is 0 Å². The number of rotatable bonds is 5. The monoisotopic (exact) mass is 294 g/mol. The fraction of sp³-hybridized carbons (Fsp3) is 0.364. The Kier molecular flexibility index (Phi) is 3.76. The Morgan fingerprint density at radius 1 is 1.60 bits per heavy atom. The first kappa shape index (κ1) is 14.1. The normalized spacial score (nSPS) is 12.8. The lowest BCUT2D eigenvalue weighted by molar-refractivity contribution is 0.529. The number of hydrogen-bond acceptors (Lipinski definition) is 5. The van der Waals surface area contributed by atoms with E-state index in [4.69, 9.17) is 5.26 Å². The molecule has 0 bridgehead atoms. The van der Waals surface area contributed by atoms with E-state index < -0.39 is 10.0 Å². The molecule has 2 N–H and O–H groups in total. The second kappa shape index (κ2) is 5.34. The van der Waals surface area contributed by atoms with Crippen LogP contribution in [-0.4, -0.2) is 28.2 Å². The molecule has 0 radical (unpaired) electrons. The van der Waals surface area contributed by atoms with Crippen LogP contribution in [0.5, 0.6) is 0 Å². The van der Waals surface area contributed by atoms with Crippen LogP contribution in [0.1, 0.15) is 31.9 Å². The molecule has 9 heteroatoms. The summed E-state index contributed by atoms with van der Waals surface area (Å²) in [6.07, 6.45) is 5.04. The SMILES string of the molecule is CCC(C)n1cnc(S(=O)(=O)Nc2[nH]ncc2C#N)c1. The van der Waals surface area contributed by atoms with Gasteiger partial charge in [0.2, 0.25) is 0 Å². The molecule has 0 aliphatic rings. The van der Waals surface area contributed by atoms with Gasteiger partial charge in [-0.05, 0) is 13.3 Å². The molecule has 0 fully saturated rings. The van der Waals surface area contributed by atoms with Crippen molar-refractivity contribution >= 4 is 15.8 Å². The maximum atomic E-state index is 12.1. The van der Waals surface area contributed by atoms with Gasteiger partial charge in [-0.25, -0.2) is 4.98 Å². The van der Waals surface area contributed by atoms with Gasteiger partial charge in [-0.15, -0.1) is 0 Å². The van der Waals surface area contributed by atoms with Crippen LogP contribution in [0.4, 0.5) is 5.82 Å². The Morgan fingerprint density at radius 3 is 3.00 bits per heavy atom. The second-order valence-electron chi connectivity index (χ2n) is 4.29. The van der Waals surface area contributed by atoms with E-state index in [1.165, 1.54) is 18.7 Å². The first-order valence-corrected chi connectivity index (χ1v) is 7.46. The van der Waals surface area contributed by atoms with E-state index >= 15 is 0 Å². The van der Waals surface area contributed by atoms with E-state index in [9.17, 15) is 8.42 Å². The average Bonchev–Trinajstić information content (AvgIpc) is 3.06. The van der Waals surface area contributed by atoms with Crippen molar-refractivity contribution in [3.63, 3.8) is 0 Å². The number of nitrogens with zero attached hydrogens (tertiary/aromatic N) is 4. The first-order chi connectivity index (χ1) is 9.47. The van der Waals surface area contributed by atoms with Crippen molar-refractivity contribution in [2.75, 3.05) is 4.72 Å². The summed E-state index contributed by atoms with van der Waals surface area (Å²) in [5, 5.41) is 14.8. The molecule has 0 saturated carbocycles. The van der Waals surface area contributed by atoms with Crippen LogP contribution >= 0.6 is 0 Å². The topological polar surface area (TPSA) is 116 Å². The molecule has 20 heavy (non-hydrogen) atoms. The molecule has 0 aliphatic heterocycles. The third-order valence-electron chi connectivity index (χ3n) is 2.95. The van der Waals surface area contributed by atoms with Crippen molar-refractivity contribution in [2.45, 2.75) is 31.3 Å². The summed E-state index contributed by atoms with van der Waals surface area (Å²) in [4.78, 5) is 3.89. The summed E-state index contributed by atoms with van der Waals surface area (Å²) in [7, 11) is -3.84. The van der Waals surface area contributed by atoms with E-state index in [0.717, 1.165) is 6.42 Å². The van der Waals surface area contributed by atoms with Crippen molar-refractivity contribution in [1.82, 2.24) is 19.7 Å². The molecule has 2 aromatic heterocycles. The van der Waals surface area contributed by atoms with E-state index in [1.54, 1.807) is 4.57 Å². The maximum absolute atomic E-state index is 12.1. The zero-order chi connectivity index (χ0) is 14.8. The molecule has 1 unspecified atom stereocenters. The van der Waals surface area contributed by atoms with E-state index in [2.05, 4.69) is 19.9 Å². The van der Waals surface area contributed by atoms with Crippen LogP contribution in [-0.2, 0) is 10.0 Å². The quantitative estimate of drug-likeness (QED) is 0.860. The van der Waals surface area contributed by atoms with Crippen LogP contribution < -0.4 is 4.72 Å². The van der Waals surface area contributed by atoms with Gasteiger partial charge < -0.3 is 4.57 Å². The molecular formula is C11H14N6O2S. The molecule has 0 saturated heterocycles. The Hall–Kier alpha value is -2.34. The lowest BCUT2D eigenvalue weighted by Crippen LogP contribution is -2.14. The molecule has 106 valence electrons. The minimum Gasteiger partial charge on any atom is -0.333 e. The number of sulfonamides is 1. The maximum Gasteiger partial charge on any atom is 0.282 e. The van der Waals surface area contributed by atoms with Crippen molar-refractivity contribution < 1.29 is 8.42 Å². The lowest BCUT2D eigenvalue weighted by atomic mass is 10.3. The van der Waals surface area contributed by atoms with Crippen LogP contribution in [0.15, 0.2) is 23.7 Å². The molecule has 0 aliphatic carbocycles. The molecule has 2 rings (SSSR count). The van der Waals surface area contributed by atoms with Crippen molar-refractivity contribution in [1.29, 1.82) is 5.26 Å². The summed E-state index contributed by atoms with van der Waals surface area (Å²) >= 11 is 0. The predicted octanol–water partition coefficient (Wildman–Crippen LogP) is 1.25. The van der Waals surface area contributed by atoms with E-state index in [1.807, 2.05) is 19.9 Å².